The summed E-state index contributed by atoms with van der Waals surface area (Å²) in [7, 11) is 0. The molecule has 0 saturated carbocycles. The molecule has 9 amide bonds. The maximum Gasteiger partial charge on any atom is 0.325 e. The number of urea groups is 1. The van der Waals surface area contributed by atoms with Crippen molar-refractivity contribution in [2.24, 2.45) is 16.5 Å². The Labute approximate surface area is 390 Å². The number of fused-ring (bicyclic) bond motifs is 3. The summed E-state index contributed by atoms with van der Waals surface area (Å²) in [5, 5.41) is 19.3. The summed E-state index contributed by atoms with van der Waals surface area (Å²) in [6, 6.07) is 5.72. The Morgan fingerprint density at radius 2 is 1.38 bits per heavy atom. The van der Waals surface area contributed by atoms with Crippen molar-refractivity contribution < 1.29 is 43.2 Å². The number of amides is 9. The van der Waals surface area contributed by atoms with Crippen molar-refractivity contribution in [1.82, 2.24) is 57.1 Å². The fourth-order valence-corrected chi connectivity index (χ4v) is 7.87. The van der Waals surface area contributed by atoms with Crippen molar-refractivity contribution in [3.05, 3.63) is 90.1 Å². The maximum atomic E-state index is 14.5. The quantitative estimate of drug-likeness (QED) is 0.0344. The molecule has 2 aromatic heterocycles. The summed E-state index contributed by atoms with van der Waals surface area (Å²) < 4.78 is 0. The van der Waals surface area contributed by atoms with Gasteiger partial charge in [-0.05, 0) is 50.3 Å². The van der Waals surface area contributed by atoms with Crippen molar-refractivity contribution in [3.8, 4) is 0 Å². The molecule has 0 aliphatic carbocycles. The van der Waals surface area contributed by atoms with Gasteiger partial charge in [0, 0.05) is 67.8 Å². The topological polar surface area (TPSA) is 350 Å². The first-order chi connectivity index (χ1) is 32.6. The van der Waals surface area contributed by atoms with E-state index in [1.54, 1.807) is 42.6 Å². The zero-order valence-electron chi connectivity index (χ0n) is 37.5. The number of hydrogen-bond donors (Lipinski definition) is 11. The summed E-state index contributed by atoms with van der Waals surface area (Å²) >= 11 is 0. The number of Topliss-reactive ketones (excluding diaryl/α,β-unsaturated/α-hetero) is 1. The number of hydrogen-bond acceptors (Lipinski definition) is 11. The summed E-state index contributed by atoms with van der Waals surface area (Å²) in [6.07, 6.45) is 3.79. The van der Waals surface area contributed by atoms with Crippen LogP contribution >= 0.6 is 0 Å². The molecule has 4 heterocycles. The number of aromatic amines is 2. The van der Waals surface area contributed by atoms with Crippen LogP contribution < -0.4 is 48.7 Å². The number of rotatable bonds is 11. The van der Waals surface area contributed by atoms with Crippen LogP contribution in [0.2, 0.25) is 0 Å². The second kappa shape index (κ2) is 22.9. The summed E-state index contributed by atoms with van der Waals surface area (Å²) in [6.45, 7) is 2.21. The number of imide groups is 1. The number of para-hydroxylation sites is 1. The Morgan fingerprint density at radius 3 is 2.07 bits per heavy atom. The van der Waals surface area contributed by atoms with Gasteiger partial charge in [-0.3, -0.25) is 48.2 Å². The van der Waals surface area contributed by atoms with Gasteiger partial charge in [-0.15, -0.1) is 0 Å². The maximum absolute atomic E-state index is 14.5. The zero-order chi connectivity index (χ0) is 48.9. The minimum absolute atomic E-state index is 0.0517. The van der Waals surface area contributed by atoms with Crippen molar-refractivity contribution in [1.29, 1.82) is 0 Å². The number of aliphatic imine (C=N–C) groups is 1. The molecule has 23 nitrogen and oxygen atoms in total. The smallest absolute Gasteiger partial charge is 0.325 e. The predicted molar refractivity (Wildman–Crippen MR) is 246 cm³/mol. The van der Waals surface area contributed by atoms with E-state index < -0.39 is 95.5 Å². The highest BCUT2D eigenvalue weighted by Crippen LogP contribution is 2.20. The standard InChI is InChI=1S/C45H56N14O9/c1-24-38(62)54-35(19-28-21-48-23-52-28)42(66)55-33(17-26-9-4-3-5-10-26)40(64)53-31(13-8-16-49-44(46)47)39(63)56-34(18-27-20-50-30-12-7-6-11-29(27)30)41(65)57-36(25(2)60)22-51-37(61)15-14-32-43(67)59(24)45(68)58-32/h3-7,9-12,20-21,23-24,31-36,50H,8,13-19,22H2,1-2H3,(H,48,52)(H,51,61)(H,53,64)(H,54,62)(H,55,66)(H,56,63)(H,57,65)(H,58,68)(H4,46,47,49)/t24-,31+,32+,33-,34+,35+,36+/m1/s1. The molecule has 6 rings (SSSR count). The van der Waals surface area contributed by atoms with Gasteiger partial charge in [0.25, 0.3) is 5.91 Å². The van der Waals surface area contributed by atoms with E-state index in [1.807, 2.05) is 18.2 Å². The molecule has 7 atom stereocenters. The lowest BCUT2D eigenvalue weighted by molar-refractivity contribution is -0.137. The second-order valence-electron chi connectivity index (χ2n) is 16.6. The van der Waals surface area contributed by atoms with Gasteiger partial charge in [-0.25, -0.2) is 9.78 Å². The van der Waals surface area contributed by atoms with E-state index in [1.165, 1.54) is 26.4 Å². The highest BCUT2D eigenvalue weighted by Gasteiger charge is 2.44. The number of carbonyl (C=O) groups is 9. The Balaban J connectivity index is 1.37. The van der Waals surface area contributed by atoms with Crippen LogP contribution in [0.1, 0.15) is 56.4 Å². The molecule has 2 fully saturated rings. The van der Waals surface area contributed by atoms with Gasteiger partial charge in [0.15, 0.2) is 11.7 Å². The van der Waals surface area contributed by atoms with Crippen LogP contribution in [0.5, 0.6) is 0 Å². The number of ketones is 1. The molecule has 23 heteroatoms. The lowest BCUT2D eigenvalue weighted by Crippen LogP contribution is -2.60. The third-order valence-corrected chi connectivity index (χ3v) is 11.6. The molecule has 2 aliphatic rings. The molecule has 0 unspecified atom stereocenters. The van der Waals surface area contributed by atoms with Crippen LogP contribution in [0.15, 0.2) is 78.3 Å². The molecular weight excluding hydrogens is 881 g/mol. The number of imidazole rings is 1. The number of aromatic nitrogens is 3. The van der Waals surface area contributed by atoms with E-state index >= 15 is 0 Å². The largest absolute Gasteiger partial charge is 0.370 e. The van der Waals surface area contributed by atoms with Gasteiger partial charge in [-0.1, -0.05) is 48.5 Å². The number of nitrogens with two attached hydrogens (primary N) is 2. The monoisotopic (exact) mass is 936 g/mol. The predicted octanol–water partition coefficient (Wildman–Crippen LogP) is -1.80. The number of carbonyl (C=O) groups excluding carboxylic acids is 9. The Kier molecular flexibility index (Phi) is 16.6. The van der Waals surface area contributed by atoms with E-state index in [4.69, 9.17) is 11.5 Å². The first kappa shape index (κ1) is 49.3. The van der Waals surface area contributed by atoms with Gasteiger partial charge in [0.2, 0.25) is 35.4 Å². The molecule has 68 heavy (non-hydrogen) atoms. The average molecular weight is 937 g/mol. The number of nitrogens with zero attached hydrogens (tertiary/aromatic N) is 3. The Bertz CT molecular complexity index is 2520. The lowest BCUT2D eigenvalue weighted by atomic mass is 10.0. The van der Waals surface area contributed by atoms with Crippen molar-refractivity contribution in [3.63, 3.8) is 0 Å². The van der Waals surface area contributed by atoms with E-state index in [9.17, 15) is 43.2 Å². The second-order valence-corrected chi connectivity index (χ2v) is 16.6. The summed E-state index contributed by atoms with van der Waals surface area (Å²) in [5.74, 6) is -6.25. The molecule has 4 aromatic rings. The number of guanidine groups is 1. The van der Waals surface area contributed by atoms with Crippen molar-refractivity contribution >= 4 is 70.0 Å². The van der Waals surface area contributed by atoms with Gasteiger partial charge in [0.05, 0.1) is 6.33 Å². The van der Waals surface area contributed by atoms with Crippen LogP contribution in [-0.4, -0.2) is 134 Å². The Morgan fingerprint density at radius 1 is 0.750 bits per heavy atom. The van der Waals surface area contributed by atoms with Crippen LogP contribution in [-0.2, 0) is 57.6 Å². The Hall–Kier alpha value is -8.11. The zero-order valence-corrected chi connectivity index (χ0v) is 37.5. The van der Waals surface area contributed by atoms with Crippen molar-refractivity contribution in [2.45, 2.75) is 101 Å². The van der Waals surface area contributed by atoms with Gasteiger partial charge < -0.3 is 58.7 Å². The number of H-pyrrole nitrogens is 2. The molecule has 0 spiro atoms. The number of benzene rings is 2. The third-order valence-electron chi connectivity index (χ3n) is 11.6. The average Bonchev–Trinajstić information content (AvgIpc) is 4.05. The van der Waals surface area contributed by atoms with E-state index in [0.29, 0.717) is 21.7 Å². The molecular formula is C45H56N14O9. The molecule has 2 saturated heterocycles. The molecule has 360 valence electrons. The number of nitrogens with one attached hydrogen (secondary N) is 9. The molecule has 0 radical (unpaired) electrons. The fraction of sp³-hybridized carbons (Fsp3) is 0.400. The summed E-state index contributed by atoms with van der Waals surface area (Å²) in [5.41, 5.74) is 13.5. The molecule has 2 aliphatic heterocycles. The third kappa shape index (κ3) is 13.0. The first-order valence-electron chi connectivity index (χ1n) is 22.1. The highest BCUT2D eigenvalue weighted by molar-refractivity contribution is 6.08. The SMILES string of the molecule is CC(=O)[C@@H]1CNC(=O)CC[C@@H]2NC(=O)N(C2=O)[C@H](C)C(=O)N[C@@H](Cc2cnc[nH]2)C(=O)N[C@H](Cc2ccccc2)C(=O)N[C@@H](CCCN=C(N)N)C(=O)N[C@@H](Cc2c[nH]c3ccccc23)C(=O)N1. The molecule has 2 aromatic carbocycles. The molecule has 13 N–H and O–H groups in total. The van der Waals surface area contributed by atoms with Crippen LogP contribution in [0, 0.1) is 0 Å². The van der Waals surface area contributed by atoms with Gasteiger partial charge >= 0.3 is 6.03 Å². The van der Waals surface area contributed by atoms with Crippen LogP contribution in [0.4, 0.5) is 4.79 Å². The summed E-state index contributed by atoms with van der Waals surface area (Å²) in [4.78, 5) is 139. The first-order valence-corrected chi connectivity index (χ1v) is 22.1. The van der Waals surface area contributed by atoms with Crippen LogP contribution in [0.3, 0.4) is 0 Å². The van der Waals surface area contributed by atoms with E-state index in [-0.39, 0.29) is 64.0 Å². The molecule has 2 bridgehead atoms. The van der Waals surface area contributed by atoms with Gasteiger partial charge in [-0.2, -0.15) is 0 Å². The van der Waals surface area contributed by atoms with Gasteiger partial charge in [0.1, 0.15) is 42.3 Å². The van der Waals surface area contributed by atoms with E-state index in [0.717, 1.165) is 10.9 Å². The minimum Gasteiger partial charge on any atom is -0.370 e. The minimum atomic E-state index is -1.44. The lowest BCUT2D eigenvalue weighted by Gasteiger charge is -2.28. The normalized spacial score (nSPS) is 23.8. The fourth-order valence-electron chi connectivity index (χ4n) is 7.87. The van der Waals surface area contributed by atoms with Crippen molar-refractivity contribution in [2.75, 3.05) is 13.1 Å². The highest BCUT2D eigenvalue weighted by atomic mass is 16.2. The van der Waals surface area contributed by atoms with E-state index in [2.05, 4.69) is 57.2 Å². The van der Waals surface area contributed by atoms with Crippen LogP contribution in [0.25, 0.3) is 10.9 Å².